The number of benzene rings is 2. The molecule has 3 N–H and O–H groups in total. The van der Waals surface area contributed by atoms with Crippen molar-refractivity contribution < 1.29 is 18.7 Å². The summed E-state index contributed by atoms with van der Waals surface area (Å²) in [4.78, 5) is 16.9. The Morgan fingerprint density at radius 2 is 1.94 bits per heavy atom. The molecule has 2 aromatic carbocycles. The van der Waals surface area contributed by atoms with Crippen LogP contribution in [0.4, 0.5) is 10.1 Å². The molecule has 9 heteroatoms. The summed E-state index contributed by atoms with van der Waals surface area (Å²) in [5.74, 6) is 0.421. The van der Waals surface area contributed by atoms with Crippen molar-refractivity contribution in [2.45, 2.75) is 18.9 Å². The fraction of sp³-hybridized carbons (Fsp3) is 0.273. The van der Waals surface area contributed by atoms with Crippen LogP contribution in [-0.4, -0.2) is 30.1 Å². The molecule has 0 radical (unpaired) electrons. The summed E-state index contributed by atoms with van der Waals surface area (Å²) in [7, 11) is 0. The summed E-state index contributed by atoms with van der Waals surface area (Å²) in [6.07, 6.45) is 4.85. The fourth-order valence-electron chi connectivity index (χ4n) is 3.52. The molecule has 1 unspecified atom stereocenters. The van der Waals surface area contributed by atoms with Gasteiger partial charge in [0.15, 0.2) is 0 Å². The number of anilines is 1. The monoisotopic (exact) mass is 467 g/mol. The number of fused-ring (bicyclic) bond motifs is 1. The van der Waals surface area contributed by atoms with E-state index in [0.29, 0.717) is 35.8 Å². The van der Waals surface area contributed by atoms with Gasteiger partial charge in [0.2, 0.25) is 5.91 Å². The predicted molar refractivity (Wildman–Crippen MR) is 123 cm³/mol. The number of nitrogens with zero attached hydrogens (tertiary/aromatic N) is 1. The molecule has 0 aliphatic carbocycles. The van der Waals surface area contributed by atoms with Crippen molar-refractivity contribution in [2.24, 2.45) is 11.7 Å². The van der Waals surface area contributed by atoms with E-state index in [4.69, 9.17) is 15.2 Å². The number of aromatic nitrogens is 1. The SMILES string of the molecule is Cl.Cl.NC(C(=O)Nc1ccc(Oc2cccc(F)c2)c2ccncc12)C1CCOCC1. The van der Waals surface area contributed by atoms with Crippen LogP contribution in [0, 0.1) is 11.7 Å². The van der Waals surface area contributed by atoms with Gasteiger partial charge in [0.25, 0.3) is 0 Å². The molecule has 1 aromatic heterocycles. The highest BCUT2D eigenvalue weighted by atomic mass is 35.5. The zero-order valence-corrected chi connectivity index (χ0v) is 18.3. The second-order valence-corrected chi connectivity index (χ2v) is 7.06. The van der Waals surface area contributed by atoms with Crippen LogP contribution in [0.5, 0.6) is 11.5 Å². The number of amides is 1. The largest absolute Gasteiger partial charge is 0.457 e. The van der Waals surface area contributed by atoms with Crippen LogP contribution in [-0.2, 0) is 9.53 Å². The molecule has 1 fully saturated rings. The third kappa shape index (κ3) is 5.83. The van der Waals surface area contributed by atoms with E-state index in [-0.39, 0.29) is 42.5 Å². The Hall–Kier alpha value is -2.45. The van der Waals surface area contributed by atoms with Crippen LogP contribution in [0.2, 0.25) is 0 Å². The number of nitrogens with one attached hydrogen (secondary N) is 1. The first-order valence-corrected chi connectivity index (χ1v) is 9.56. The van der Waals surface area contributed by atoms with E-state index in [1.54, 1.807) is 42.7 Å². The molecule has 1 aliphatic heterocycles. The Morgan fingerprint density at radius 1 is 1.16 bits per heavy atom. The van der Waals surface area contributed by atoms with Crippen molar-refractivity contribution in [1.29, 1.82) is 0 Å². The van der Waals surface area contributed by atoms with Crippen molar-refractivity contribution in [2.75, 3.05) is 18.5 Å². The van der Waals surface area contributed by atoms with Crippen LogP contribution in [0.3, 0.4) is 0 Å². The van der Waals surface area contributed by atoms with Gasteiger partial charge in [-0.3, -0.25) is 9.78 Å². The topological polar surface area (TPSA) is 86.5 Å². The molecule has 166 valence electrons. The van der Waals surface area contributed by atoms with Crippen LogP contribution < -0.4 is 15.8 Å². The second kappa shape index (κ2) is 11.2. The normalized spacial score (nSPS) is 14.8. The van der Waals surface area contributed by atoms with Gasteiger partial charge in [0, 0.05) is 42.4 Å². The van der Waals surface area contributed by atoms with Gasteiger partial charge in [0.05, 0.1) is 11.7 Å². The van der Waals surface area contributed by atoms with Crippen LogP contribution >= 0.6 is 24.8 Å². The second-order valence-electron chi connectivity index (χ2n) is 7.06. The van der Waals surface area contributed by atoms with E-state index >= 15 is 0 Å². The van der Waals surface area contributed by atoms with Gasteiger partial charge in [-0.15, -0.1) is 24.8 Å². The number of carbonyl (C=O) groups is 1. The molecular formula is C22H24Cl2FN3O3. The van der Waals surface area contributed by atoms with Crippen LogP contribution in [0.15, 0.2) is 54.9 Å². The first-order chi connectivity index (χ1) is 14.1. The number of pyridine rings is 1. The highest BCUT2D eigenvalue weighted by Gasteiger charge is 2.27. The zero-order valence-electron chi connectivity index (χ0n) is 16.6. The number of carbonyl (C=O) groups excluding carboxylic acids is 1. The minimum atomic E-state index is -0.603. The highest BCUT2D eigenvalue weighted by Crippen LogP contribution is 2.34. The zero-order chi connectivity index (χ0) is 20.2. The number of rotatable bonds is 5. The summed E-state index contributed by atoms with van der Waals surface area (Å²) in [6, 6.07) is 10.6. The van der Waals surface area contributed by atoms with Crippen LogP contribution in [0.1, 0.15) is 12.8 Å². The third-order valence-electron chi connectivity index (χ3n) is 5.14. The number of hydrogen-bond acceptors (Lipinski definition) is 5. The molecule has 0 bridgehead atoms. The van der Waals surface area contributed by atoms with Crippen molar-refractivity contribution in [3.8, 4) is 11.5 Å². The molecule has 0 spiro atoms. The number of hydrogen-bond donors (Lipinski definition) is 2. The number of ether oxygens (including phenoxy) is 2. The van der Waals surface area contributed by atoms with E-state index in [9.17, 15) is 9.18 Å². The Balaban J connectivity index is 0.00000171. The third-order valence-corrected chi connectivity index (χ3v) is 5.14. The van der Waals surface area contributed by atoms with Crippen LogP contribution in [0.25, 0.3) is 10.8 Å². The molecule has 3 aromatic rings. The quantitative estimate of drug-likeness (QED) is 0.567. The van der Waals surface area contributed by atoms with Gasteiger partial charge in [-0.1, -0.05) is 6.07 Å². The molecule has 6 nitrogen and oxygen atoms in total. The van der Waals surface area contributed by atoms with E-state index in [1.807, 2.05) is 0 Å². The van der Waals surface area contributed by atoms with E-state index in [0.717, 1.165) is 18.2 Å². The van der Waals surface area contributed by atoms with Gasteiger partial charge in [-0.2, -0.15) is 0 Å². The van der Waals surface area contributed by atoms with Gasteiger partial charge in [-0.25, -0.2) is 4.39 Å². The fourth-order valence-corrected chi connectivity index (χ4v) is 3.52. The lowest BCUT2D eigenvalue weighted by atomic mass is 9.92. The lowest BCUT2D eigenvalue weighted by Gasteiger charge is -2.27. The maximum absolute atomic E-state index is 13.5. The molecule has 31 heavy (non-hydrogen) atoms. The predicted octanol–water partition coefficient (Wildman–Crippen LogP) is 4.70. The summed E-state index contributed by atoms with van der Waals surface area (Å²) in [6.45, 7) is 1.26. The van der Waals surface area contributed by atoms with E-state index in [2.05, 4.69) is 10.3 Å². The number of halogens is 3. The van der Waals surface area contributed by atoms with Gasteiger partial charge < -0.3 is 20.5 Å². The summed E-state index contributed by atoms with van der Waals surface area (Å²) in [5.41, 5.74) is 6.79. The van der Waals surface area contributed by atoms with Gasteiger partial charge >= 0.3 is 0 Å². The lowest BCUT2D eigenvalue weighted by Crippen LogP contribution is -2.44. The summed E-state index contributed by atoms with van der Waals surface area (Å²) < 4.78 is 24.7. The molecule has 4 rings (SSSR count). The van der Waals surface area contributed by atoms with Crippen molar-refractivity contribution in [1.82, 2.24) is 4.98 Å². The average molecular weight is 468 g/mol. The van der Waals surface area contributed by atoms with Crippen molar-refractivity contribution >= 4 is 47.2 Å². The Morgan fingerprint density at radius 3 is 2.68 bits per heavy atom. The molecule has 1 atom stereocenters. The number of nitrogens with two attached hydrogens (primary N) is 1. The minimum absolute atomic E-state index is 0. The van der Waals surface area contributed by atoms with Crippen molar-refractivity contribution in [3.05, 3.63) is 60.7 Å². The minimum Gasteiger partial charge on any atom is -0.457 e. The van der Waals surface area contributed by atoms with Crippen molar-refractivity contribution in [3.63, 3.8) is 0 Å². The lowest BCUT2D eigenvalue weighted by molar-refractivity contribution is -0.119. The first kappa shape index (κ1) is 24.8. The smallest absolute Gasteiger partial charge is 0.241 e. The summed E-state index contributed by atoms with van der Waals surface area (Å²) in [5, 5.41) is 4.39. The Labute approximate surface area is 192 Å². The molecule has 1 aliphatic rings. The summed E-state index contributed by atoms with van der Waals surface area (Å²) >= 11 is 0. The maximum atomic E-state index is 13.5. The first-order valence-electron chi connectivity index (χ1n) is 9.56. The molecule has 0 saturated carbocycles. The van der Waals surface area contributed by atoms with E-state index in [1.165, 1.54) is 12.1 Å². The maximum Gasteiger partial charge on any atom is 0.241 e. The molecule has 1 saturated heterocycles. The average Bonchev–Trinajstić information content (AvgIpc) is 2.75. The van der Waals surface area contributed by atoms with E-state index < -0.39 is 6.04 Å². The molecular weight excluding hydrogens is 444 g/mol. The molecule has 1 amide bonds. The van der Waals surface area contributed by atoms with Gasteiger partial charge in [-0.05, 0) is 49.1 Å². The highest BCUT2D eigenvalue weighted by molar-refractivity contribution is 6.05. The standard InChI is InChI=1S/C22H22FN3O3.2ClH/c23-15-2-1-3-16(12-15)29-20-5-4-19(18-13-25-9-6-17(18)20)26-22(27)21(24)14-7-10-28-11-8-14;;/h1-6,9,12-14,21H,7-8,10-11,24H2,(H,26,27);2*1H. The van der Waals surface area contributed by atoms with Gasteiger partial charge in [0.1, 0.15) is 17.3 Å². The molecule has 2 heterocycles. The Bertz CT molecular complexity index is 1030. The Kier molecular flexibility index (Phi) is 9.00.